The van der Waals surface area contributed by atoms with E-state index in [1.165, 1.54) is 12.8 Å². The summed E-state index contributed by atoms with van der Waals surface area (Å²) < 4.78 is 13.4. The maximum Gasteiger partial charge on any atom is 0.103 e. The molecule has 1 N–H and O–H groups in total. The van der Waals surface area contributed by atoms with Crippen LogP contribution in [0.2, 0.25) is 0 Å². The van der Waals surface area contributed by atoms with Gasteiger partial charge in [0.1, 0.15) is 6.17 Å². The first kappa shape index (κ1) is 8.49. The molecule has 1 aliphatic carbocycles. The number of alkyl halides is 1. The van der Waals surface area contributed by atoms with Gasteiger partial charge in [0.25, 0.3) is 0 Å². The summed E-state index contributed by atoms with van der Waals surface area (Å²) in [5, 5.41) is 3.31. The zero-order chi connectivity index (χ0) is 8.39. The van der Waals surface area contributed by atoms with E-state index >= 15 is 0 Å². The van der Waals surface area contributed by atoms with E-state index in [4.69, 9.17) is 0 Å². The Morgan fingerprint density at radius 2 is 1.83 bits per heavy atom. The monoisotopic (exact) mass is 171 g/mol. The van der Waals surface area contributed by atoms with Crippen LogP contribution in [0.25, 0.3) is 0 Å². The average Bonchev–Trinajstić information content (AvgIpc) is 2.88. The van der Waals surface area contributed by atoms with Crippen molar-refractivity contribution in [1.29, 1.82) is 0 Å². The van der Waals surface area contributed by atoms with Crippen molar-refractivity contribution in [2.24, 2.45) is 11.8 Å². The number of rotatable bonds is 3. The summed E-state index contributed by atoms with van der Waals surface area (Å²) in [6.07, 6.45) is 5.03. The SMILES string of the molecule is FC(CC1CCNCC1)C1CC1. The molecule has 12 heavy (non-hydrogen) atoms. The van der Waals surface area contributed by atoms with E-state index in [0.717, 1.165) is 32.4 Å². The largest absolute Gasteiger partial charge is 0.317 e. The minimum absolute atomic E-state index is 0.444. The molecule has 1 saturated heterocycles. The second-order valence-corrected chi connectivity index (χ2v) is 4.28. The summed E-state index contributed by atoms with van der Waals surface area (Å²) >= 11 is 0. The van der Waals surface area contributed by atoms with Gasteiger partial charge in [0.15, 0.2) is 0 Å². The van der Waals surface area contributed by atoms with Crippen LogP contribution >= 0.6 is 0 Å². The van der Waals surface area contributed by atoms with Gasteiger partial charge in [-0.05, 0) is 57.0 Å². The standard InChI is InChI=1S/C10H18FN/c11-10(9-1-2-9)7-8-3-5-12-6-4-8/h8-10,12H,1-7H2. The van der Waals surface area contributed by atoms with Gasteiger partial charge < -0.3 is 5.32 Å². The molecule has 1 heterocycles. The van der Waals surface area contributed by atoms with Crippen LogP contribution in [0, 0.1) is 11.8 Å². The van der Waals surface area contributed by atoms with Crippen LogP contribution in [0.5, 0.6) is 0 Å². The Morgan fingerprint density at radius 3 is 2.42 bits per heavy atom. The van der Waals surface area contributed by atoms with E-state index < -0.39 is 6.17 Å². The molecule has 0 radical (unpaired) electrons. The van der Waals surface area contributed by atoms with Gasteiger partial charge in [-0.25, -0.2) is 4.39 Å². The summed E-state index contributed by atoms with van der Waals surface area (Å²) in [6, 6.07) is 0. The number of hydrogen-bond acceptors (Lipinski definition) is 1. The van der Waals surface area contributed by atoms with Gasteiger partial charge in [-0.2, -0.15) is 0 Å². The Hall–Kier alpha value is -0.110. The zero-order valence-electron chi connectivity index (χ0n) is 7.56. The van der Waals surface area contributed by atoms with Crippen molar-refractivity contribution in [1.82, 2.24) is 5.32 Å². The van der Waals surface area contributed by atoms with Crippen LogP contribution in [0.1, 0.15) is 32.1 Å². The lowest BCUT2D eigenvalue weighted by molar-refractivity contribution is 0.215. The molecule has 0 amide bonds. The van der Waals surface area contributed by atoms with Crippen molar-refractivity contribution >= 4 is 0 Å². The van der Waals surface area contributed by atoms with E-state index in [1.54, 1.807) is 0 Å². The van der Waals surface area contributed by atoms with Crippen molar-refractivity contribution < 1.29 is 4.39 Å². The lowest BCUT2D eigenvalue weighted by Gasteiger charge is -2.23. The number of hydrogen-bond donors (Lipinski definition) is 1. The molecule has 1 aliphatic heterocycles. The summed E-state index contributed by atoms with van der Waals surface area (Å²) in [5.74, 6) is 1.11. The highest BCUT2D eigenvalue weighted by Crippen LogP contribution is 2.38. The van der Waals surface area contributed by atoms with Gasteiger partial charge >= 0.3 is 0 Å². The molecule has 0 aromatic carbocycles. The Labute approximate surface area is 73.7 Å². The molecular formula is C10H18FN. The summed E-state index contributed by atoms with van der Waals surface area (Å²) in [5.41, 5.74) is 0. The molecule has 0 bridgehead atoms. The predicted octanol–water partition coefficient (Wildman–Crippen LogP) is 2.12. The molecule has 2 aliphatic rings. The van der Waals surface area contributed by atoms with E-state index in [0.29, 0.717) is 11.8 Å². The fourth-order valence-corrected chi connectivity index (χ4v) is 2.09. The lowest BCUT2D eigenvalue weighted by Crippen LogP contribution is -2.29. The van der Waals surface area contributed by atoms with Crippen molar-refractivity contribution in [3.63, 3.8) is 0 Å². The summed E-state index contributed by atoms with van der Waals surface area (Å²) in [7, 11) is 0. The van der Waals surface area contributed by atoms with Gasteiger partial charge in [0.05, 0.1) is 0 Å². The van der Waals surface area contributed by atoms with E-state index in [1.807, 2.05) is 0 Å². The third-order valence-electron chi connectivity index (χ3n) is 3.15. The highest BCUT2D eigenvalue weighted by atomic mass is 19.1. The van der Waals surface area contributed by atoms with Crippen LogP contribution in [0.4, 0.5) is 4.39 Å². The highest BCUT2D eigenvalue weighted by molar-refractivity contribution is 4.83. The molecule has 1 saturated carbocycles. The molecule has 0 aromatic rings. The first-order chi connectivity index (χ1) is 5.86. The van der Waals surface area contributed by atoms with E-state index in [-0.39, 0.29) is 0 Å². The minimum atomic E-state index is -0.479. The molecular weight excluding hydrogens is 153 g/mol. The molecule has 2 rings (SSSR count). The van der Waals surface area contributed by atoms with Gasteiger partial charge in [-0.15, -0.1) is 0 Å². The average molecular weight is 171 g/mol. The molecule has 0 spiro atoms. The Balaban J connectivity index is 1.69. The fraction of sp³-hybridized carbons (Fsp3) is 1.00. The van der Waals surface area contributed by atoms with E-state index in [9.17, 15) is 4.39 Å². The number of piperidine rings is 1. The van der Waals surface area contributed by atoms with E-state index in [2.05, 4.69) is 5.32 Å². The summed E-state index contributed by atoms with van der Waals surface area (Å²) in [4.78, 5) is 0. The van der Waals surface area contributed by atoms with Gasteiger partial charge in [0.2, 0.25) is 0 Å². The Kier molecular flexibility index (Phi) is 2.64. The number of nitrogens with one attached hydrogen (secondary N) is 1. The second kappa shape index (κ2) is 3.73. The molecule has 2 fully saturated rings. The Morgan fingerprint density at radius 1 is 1.17 bits per heavy atom. The third kappa shape index (κ3) is 2.19. The van der Waals surface area contributed by atoms with Crippen molar-refractivity contribution in [3.05, 3.63) is 0 Å². The number of halogens is 1. The molecule has 2 heteroatoms. The van der Waals surface area contributed by atoms with Crippen molar-refractivity contribution in [2.45, 2.75) is 38.3 Å². The molecule has 70 valence electrons. The molecule has 0 aromatic heterocycles. The van der Waals surface area contributed by atoms with Gasteiger partial charge in [0, 0.05) is 0 Å². The highest BCUT2D eigenvalue weighted by Gasteiger charge is 2.32. The van der Waals surface area contributed by atoms with Gasteiger partial charge in [-0.3, -0.25) is 0 Å². The minimum Gasteiger partial charge on any atom is -0.317 e. The molecule has 1 unspecified atom stereocenters. The first-order valence-corrected chi connectivity index (χ1v) is 5.21. The van der Waals surface area contributed by atoms with Crippen LogP contribution in [0.3, 0.4) is 0 Å². The van der Waals surface area contributed by atoms with Crippen LogP contribution in [0.15, 0.2) is 0 Å². The first-order valence-electron chi connectivity index (χ1n) is 5.21. The van der Waals surface area contributed by atoms with Crippen molar-refractivity contribution in [2.75, 3.05) is 13.1 Å². The predicted molar refractivity (Wildman–Crippen MR) is 47.8 cm³/mol. The zero-order valence-corrected chi connectivity index (χ0v) is 7.56. The fourth-order valence-electron chi connectivity index (χ4n) is 2.09. The van der Waals surface area contributed by atoms with Crippen LogP contribution in [-0.2, 0) is 0 Å². The maximum atomic E-state index is 13.4. The third-order valence-corrected chi connectivity index (χ3v) is 3.15. The van der Waals surface area contributed by atoms with Crippen molar-refractivity contribution in [3.8, 4) is 0 Å². The maximum absolute atomic E-state index is 13.4. The van der Waals surface area contributed by atoms with Gasteiger partial charge in [-0.1, -0.05) is 0 Å². The van der Waals surface area contributed by atoms with Crippen LogP contribution in [-0.4, -0.2) is 19.3 Å². The molecule has 1 nitrogen and oxygen atoms in total. The summed E-state index contributed by atoms with van der Waals surface area (Å²) in [6.45, 7) is 2.20. The second-order valence-electron chi connectivity index (χ2n) is 4.28. The lowest BCUT2D eigenvalue weighted by atomic mass is 9.91. The quantitative estimate of drug-likeness (QED) is 0.686. The molecule has 1 atom stereocenters. The normalized spacial score (nSPS) is 28.8. The Bertz CT molecular complexity index is 139. The topological polar surface area (TPSA) is 12.0 Å². The smallest absolute Gasteiger partial charge is 0.103 e. The van der Waals surface area contributed by atoms with Crippen LogP contribution < -0.4 is 5.32 Å².